The van der Waals surface area contributed by atoms with Crippen LogP contribution in [0.25, 0.3) is 22.3 Å². The summed E-state index contributed by atoms with van der Waals surface area (Å²) in [6.07, 6.45) is -20.2. The molecule has 0 saturated heterocycles. The van der Waals surface area contributed by atoms with Crippen molar-refractivity contribution in [1.29, 1.82) is 0 Å². The normalized spacial score (nSPS) is 13.8. The van der Waals surface area contributed by atoms with Crippen LogP contribution < -0.4 is 9.47 Å². The van der Waals surface area contributed by atoms with Gasteiger partial charge in [-0.25, -0.2) is 0 Å². The minimum atomic E-state index is -5.38. The summed E-state index contributed by atoms with van der Waals surface area (Å²) in [5, 5.41) is -5.93. The van der Waals surface area contributed by atoms with Gasteiger partial charge in [0, 0.05) is 24.3 Å². The number of halogens is 12. The molecule has 0 amide bonds. The van der Waals surface area contributed by atoms with Crippen LogP contribution in [0.3, 0.4) is 0 Å². The van der Waals surface area contributed by atoms with Gasteiger partial charge in [-0.2, -0.15) is 52.7 Å². The number of benzene rings is 4. The molecule has 53 heavy (non-hydrogen) atoms. The monoisotopic (exact) mass is 786 g/mol. The molecule has 0 heterocycles. The lowest BCUT2D eigenvalue weighted by atomic mass is 9.99. The van der Waals surface area contributed by atoms with Crippen molar-refractivity contribution in [3.63, 3.8) is 0 Å². The molecule has 0 bridgehead atoms. The van der Waals surface area contributed by atoms with E-state index in [1.807, 2.05) is 0 Å². The van der Waals surface area contributed by atoms with Crippen LogP contribution in [0.5, 0.6) is 11.5 Å². The molecule has 0 aliphatic heterocycles. The fourth-order valence-corrected chi connectivity index (χ4v) is 6.24. The molecule has 4 rings (SSSR count). The summed E-state index contributed by atoms with van der Waals surface area (Å²) in [5.41, 5.74) is -3.68. The van der Waals surface area contributed by atoms with Gasteiger partial charge in [0.25, 0.3) is 0 Å². The quantitative estimate of drug-likeness (QED) is 0.0723. The van der Waals surface area contributed by atoms with Gasteiger partial charge in [-0.15, -0.1) is 11.8 Å². The van der Waals surface area contributed by atoms with E-state index in [-0.39, 0.29) is 35.5 Å². The van der Waals surface area contributed by atoms with Crippen LogP contribution in [-0.4, -0.2) is 39.2 Å². The molecule has 0 radical (unpaired) electrons. The SMILES string of the molecule is CCOCOc1ccc(-c2ccc(C(F)(F)F)cc2)cc1C(SC(c1cc(-c2ccc(C(F)(F)F)cc2)ccc1OCOCC)C(F)(F)F)C(F)(F)F. The second-order valence-electron chi connectivity index (χ2n) is 11.1. The van der Waals surface area contributed by atoms with E-state index in [2.05, 4.69) is 0 Å². The van der Waals surface area contributed by atoms with Gasteiger partial charge in [-0.1, -0.05) is 36.4 Å². The number of hydrogen-bond acceptors (Lipinski definition) is 5. The zero-order valence-corrected chi connectivity index (χ0v) is 28.5. The van der Waals surface area contributed by atoms with Crippen LogP contribution in [-0.2, 0) is 21.8 Å². The molecule has 4 aromatic carbocycles. The minimum absolute atomic E-state index is 0.0322. The summed E-state index contributed by atoms with van der Waals surface area (Å²) >= 11 is -0.553. The fraction of sp³-hybridized carbons (Fsp3) is 0.333. The van der Waals surface area contributed by atoms with E-state index in [0.717, 1.165) is 48.5 Å². The van der Waals surface area contributed by atoms with E-state index < -0.39 is 94.3 Å². The average Bonchev–Trinajstić information content (AvgIpc) is 3.07. The van der Waals surface area contributed by atoms with E-state index in [0.29, 0.717) is 24.3 Å². The second-order valence-corrected chi connectivity index (χ2v) is 12.4. The summed E-state index contributed by atoms with van der Waals surface area (Å²) in [7, 11) is 0. The molecule has 0 aliphatic rings. The van der Waals surface area contributed by atoms with Gasteiger partial charge in [0.15, 0.2) is 13.6 Å². The van der Waals surface area contributed by atoms with E-state index in [1.54, 1.807) is 13.8 Å². The number of ether oxygens (including phenoxy) is 4. The Hall–Kier alpha value is -4.09. The molecule has 4 aromatic rings. The molecule has 0 fully saturated rings. The van der Waals surface area contributed by atoms with Gasteiger partial charge in [0.1, 0.15) is 22.0 Å². The Balaban J connectivity index is 1.87. The van der Waals surface area contributed by atoms with Gasteiger partial charge >= 0.3 is 24.7 Å². The first-order valence-corrected chi connectivity index (χ1v) is 16.5. The lowest BCUT2D eigenvalue weighted by Gasteiger charge is -2.30. The van der Waals surface area contributed by atoms with Gasteiger partial charge in [-0.05, 0) is 84.6 Å². The van der Waals surface area contributed by atoms with E-state index in [4.69, 9.17) is 18.9 Å². The molecule has 0 saturated carbocycles. The maximum absolute atomic E-state index is 15.0. The highest BCUT2D eigenvalue weighted by atomic mass is 32.2. The molecular weight excluding hydrogens is 756 g/mol. The molecule has 2 unspecified atom stereocenters. The number of thioether (sulfide) groups is 1. The van der Waals surface area contributed by atoms with Crippen molar-refractivity contribution in [3.05, 3.63) is 107 Å². The van der Waals surface area contributed by atoms with Crippen molar-refractivity contribution in [2.45, 2.75) is 49.1 Å². The summed E-state index contributed by atoms with van der Waals surface area (Å²) in [5.74, 6) is -1.01. The molecule has 2 atom stereocenters. The highest BCUT2D eigenvalue weighted by molar-refractivity contribution is 7.99. The number of rotatable bonds is 14. The summed E-state index contributed by atoms with van der Waals surface area (Å²) in [6, 6.07) is 13.2. The first-order chi connectivity index (χ1) is 24.7. The third-order valence-corrected chi connectivity index (χ3v) is 9.13. The van der Waals surface area contributed by atoms with Crippen LogP contribution in [0.1, 0.15) is 46.6 Å². The summed E-state index contributed by atoms with van der Waals surface area (Å²) < 4.78 is 190. The van der Waals surface area contributed by atoms with Gasteiger partial charge in [-0.3, -0.25) is 0 Å². The van der Waals surface area contributed by atoms with Gasteiger partial charge in [0.2, 0.25) is 0 Å². The molecular formula is C36H30F12O4S. The highest BCUT2D eigenvalue weighted by Crippen LogP contribution is 2.58. The van der Waals surface area contributed by atoms with Gasteiger partial charge < -0.3 is 18.9 Å². The maximum atomic E-state index is 15.0. The minimum Gasteiger partial charge on any atom is -0.467 e. The second kappa shape index (κ2) is 16.9. The molecule has 288 valence electrons. The van der Waals surface area contributed by atoms with Crippen molar-refractivity contribution < 1.29 is 71.6 Å². The van der Waals surface area contributed by atoms with Crippen LogP contribution in [0.2, 0.25) is 0 Å². The molecule has 0 aromatic heterocycles. The molecule has 0 N–H and O–H groups in total. The standard InChI is InChI=1S/C36H30F12O4S/c1-3-49-19-51-29-15-9-23(21-5-11-25(12-6-21)33(37,38)39)17-27(29)31(35(43,44)45)53-32(36(46,47)48)28-18-24(10-16-30(28)52-20-50-4-2)22-7-13-26(14-8-22)34(40,41)42/h5-18,31-32H,3-4,19-20H2,1-2H3. The van der Waals surface area contributed by atoms with Crippen LogP contribution >= 0.6 is 11.8 Å². The van der Waals surface area contributed by atoms with E-state index in [1.165, 1.54) is 12.1 Å². The van der Waals surface area contributed by atoms with Crippen molar-refractivity contribution in [2.75, 3.05) is 26.8 Å². The van der Waals surface area contributed by atoms with Gasteiger partial charge in [0.05, 0.1) is 11.1 Å². The third-order valence-electron chi connectivity index (χ3n) is 7.55. The topological polar surface area (TPSA) is 36.9 Å². The molecule has 4 nitrogen and oxygen atoms in total. The number of alkyl halides is 12. The summed E-state index contributed by atoms with van der Waals surface area (Å²) in [4.78, 5) is 0. The van der Waals surface area contributed by atoms with Crippen LogP contribution in [0, 0.1) is 0 Å². The third kappa shape index (κ3) is 11.0. The first-order valence-electron chi connectivity index (χ1n) is 15.6. The Bertz CT molecular complexity index is 1650. The maximum Gasteiger partial charge on any atom is 0.416 e. The Morgan fingerprint density at radius 3 is 1.08 bits per heavy atom. The predicted octanol–water partition coefficient (Wildman–Crippen LogP) is 12.4. The molecule has 17 heteroatoms. The molecule has 0 aliphatic carbocycles. The molecule has 0 spiro atoms. The Kier molecular flexibility index (Phi) is 13.3. The first kappa shape index (κ1) is 41.7. The Labute approximate surface area is 300 Å². The van der Waals surface area contributed by atoms with Crippen molar-refractivity contribution in [2.24, 2.45) is 0 Å². The van der Waals surface area contributed by atoms with Crippen LogP contribution in [0.4, 0.5) is 52.7 Å². The summed E-state index contributed by atoms with van der Waals surface area (Å²) in [6.45, 7) is 2.12. The zero-order chi connectivity index (χ0) is 39.2. The zero-order valence-electron chi connectivity index (χ0n) is 27.6. The smallest absolute Gasteiger partial charge is 0.416 e. The van der Waals surface area contributed by atoms with Crippen molar-refractivity contribution in [1.82, 2.24) is 0 Å². The van der Waals surface area contributed by atoms with Crippen LogP contribution in [0.15, 0.2) is 84.9 Å². The largest absolute Gasteiger partial charge is 0.467 e. The van der Waals surface area contributed by atoms with Crippen molar-refractivity contribution in [3.8, 4) is 33.8 Å². The Morgan fingerprint density at radius 1 is 0.472 bits per heavy atom. The average molecular weight is 787 g/mol. The lowest BCUT2D eigenvalue weighted by molar-refractivity contribution is -0.138. The van der Waals surface area contributed by atoms with Crippen molar-refractivity contribution >= 4 is 11.8 Å². The number of hydrogen-bond donors (Lipinski definition) is 0. The van der Waals surface area contributed by atoms with E-state index in [9.17, 15) is 26.3 Å². The Morgan fingerprint density at radius 2 is 0.792 bits per heavy atom. The highest BCUT2D eigenvalue weighted by Gasteiger charge is 2.51. The predicted molar refractivity (Wildman–Crippen MR) is 173 cm³/mol. The lowest BCUT2D eigenvalue weighted by Crippen LogP contribution is -2.26. The fourth-order valence-electron chi connectivity index (χ4n) is 5.00. The van der Waals surface area contributed by atoms with E-state index >= 15 is 26.3 Å².